The van der Waals surface area contributed by atoms with Crippen LogP contribution in [-0.2, 0) is 0 Å². The molecule has 0 amide bonds. The molecule has 2 aliphatic carbocycles. The predicted octanol–water partition coefficient (Wildman–Crippen LogP) is 1.72. The van der Waals surface area contributed by atoms with Crippen molar-refractivity contribution in [2.24, 2.45) is 11.1 Å². The second kappa shape index (κ2) is 6.02. The standard InChI is InChI=1S/C14H27N3O/c15-13(16)10-14(6-7-14)11-17(8-9-18)12-4-2-1-3-5-12/h12,18H,1-11H2,(H3,15,16). The lowest BCUT2D eigenvalue weighted by atomic mass is 9.92. The molecule has 2 fully saturated rings. The van der Waals surface area contributed by atoms with Gasteiger partial charge in [0, 0.05) is 25.6 Å². The number of nitrogens with one attached hydrogen (secondary N) is 1. The molecule has 4 heteroatoms. The molecule has 0 aromatic rings. The van der Waals surface area contributed by atoms with Crippen LogP contribution >= 0.6 is 0 Å². The molecule has 4 nitrogen and oxygen atoms in total. The number of rotatable bonds is 7. The van der Waals surface area contributed by atoms with Gasteiger partial charge in [-0.1, -0.05) is 19.3 Å². The third-order valence-electron chi connectivity index (χ3n) is 4.54. The summed E-state index contributed by atoms with van der Waals surface area (Å²) in [6.45, 7) is 2.05. The molecule has 0 saturated heterocycles. The SMILES string of the molecule is N=C(N)CC1(CN(CCO)C2CCCCC2)CC1. The van der Waals surface area contributed by atoms with E-state index >= 15 is 0 Å². The lowest BCUT2D eigenvalue weighted by Crippen LogP contribution is -2.43. The van der Waals surface area contributed by atoms with Crippen molar-refractivity contribution in [2.45, 2.75) is 57.4 Å². The van der Waals surface area contributed by atoms with Crippen molar-refractivity contribution in [3.05, 3.63) is 0 Å². The van der Waals surface area contributed by atoms with Crippen molar-refractivity contribution >= 4 is 5.84 Å². The number of amidine groups is 1. The van der Waals surface area contributed by atoms with Crippen LogP contribution in [0.4, 0.5) is 0 Å². The molecule has 0 aliphatic heterocycles. The molecule has 104 valence electrons. The van der Waals surface area contributed by atoms with Gasteiger partial charge < -0.3 is 10.8 Å². The summed E-state index contributed by atoms with van der Waals surface area (Å²) in [5.41, 5.74) is 5.82. The van der Waals surface area contributed by atoms with Crippen molar-refractivity contribution < 1.29 is 5.11 Å². The molecule has 0 heterocycles. The zero-order chi connectivity index (χ0) is 13.0. The highest BCUT2D eigenvalue weighted by Gasteiger charge is 2.45. The van der Waals surface area contributed by atoms with Gasteiger partial charge in [-0.15, -0.1) is 0 Å². The molecule has 2 rings (SSSR count). The van der Waals surface area contributed by atoms with Gasteiger partial charge in [-0.3, -0.25) is 10.3 Å². The summed E-state index contributed by atoms with van der Waals surface area (Å²) in [7, 11) is 0. The summed E-state index contributed by atoms with van der Waals surface area (Å²) in [6.07, 6.45) is 9.69. The van der Waals surface area contributed by atoms with Crippen molar-refractivity contribution in [1.82, 2.24) is 4.90 Å². The number of nitrogens with zero attached hydrogens (tertiary/aromatic N) is 1. The second-order valence-corrected chi connectivity index (χ2v) is 6.19. The van der Waals surface area contributed by atoms with Gasteiger partial charge in [0.15, 0.2) is 0 Å². The Balaban J connectivity index is 1.90. The van der Waals surface area contributed by atoms with Crippen LogP contribution in [-0.4, -0.2) is 41.6 Å². The Labute approximate surface area is 110 Å². The maximum absolute atomic E-state index is 9.26. The normalized spacial score (nSPS) is 23.2. The van der Waals surface area contributed by atoms with E-state index < -0.39 is 0 Å². The number of aliphatic hydroxyl groups is 1. The quantitative estimate of drug-likeness (QED) is 0.478. The van der Waals surface area contributed by atoms with Gasteiger partial charge in [0.25, 0.3) is 0 Å². The highest BCUT2D eigenvalue weighted by Crippen LogP contribution is 2.49. The lowest BCUT2D eigenvalue weighted by Gasteiger charge is -2.36. The molecule has 18 heavy (non-hydrogen) atoms. The van der Waals surface area contributed by atoms with Gasteiger partial charge in [0.05, 0.1) is 12.4 Å². The summed E-state index contributed by atoms with van der Waals surface area (Å²) in [5, 5.41) is 16.7. The first-order valence-electron chi connectivity index (χ1n) is 7.33. The molecule has 2 saturated carbocycles. The lowest BCUT2D eigenvalue weighted by molar-refractivity contribution is 0.102. The molecule has 0 aromatic heterocycles. The van der Waals surface area contributed by atoms with E-state index in [1.54, 1.807) is 0 Å². The van der Waals surface area contributed by atoms with Crippen molar-refractivity contribution in [3.8, 4) is 0 Å². The Bertz CT molecular complexity index is 283. The van der Waals surface area contributed by atoms with E-state index in [-0.39, 0.29) is 12.0 Å². The number of hydrogen-bond acceptors (Lipinski definition) is 3. The fraction of sp³-hybridized carbons (Fsp3) is 0.929. The molecular formula is C14H27N3O. The van der Waals surface area contributed by atoms with E-state index in [1.807, 2.05) is 0 Å². The highest BCUT2D eigenvalue weighted by molar-refractivity contribution is 5.78. The molecule has 0 atom stereocenters. The van der Waals surface area contributed by atoms with Crippen LogP contribution < -0.4 is 5.73 Å². The van der Waals surface area contributed by atoms with Crippen molar-refractivity contribution in [3.63, 3.8) is 0 Å². The van der Waals surface area contributed by atoms with E-state index in [1.165, 1.54) is 44.9 Å². The maximum atomic E-state index is 9.26. The van der Waals surface area contributed by atoms with Crippen LogP contribution in [0, 0.1) is 10.8 Å². The zero-order valence-corrected chi connectivity index (χ0v) is 11.3. The fourth-order valence-electron chi connectivity index (χ4n) is 3.37. The smallest absolute Gasteiger partial charge is 0.0911 e. The Hall–Kier alpha value is -0.610. The zero-order valence-electron chi connectivity index (χ0n) is 11.3. The van der Waals surface area contributed by atoms with Crippen LogP contribution in [0.25, 0.3) is 0 Å². The largest absolute Gasteiger partial charge is 0.395 e. The Morgan fingerprint density at radius 3 is 2.44 bits per heavy atom. The fourth-order valence-corrected chi connectivity index (χ4v) is 3.37. The van der Waals surface area contributed by atoms with Crippen LogP contribution in [0.15, 0.2) is 0 Å². The number of aliphatic hydroxyl groups excluding tert-OH is 1. The van der Waals surface area contributed by atoms with Gasteiger partial charge in [-0.05, 0) is 31.1 Å². The van der Waals surface area contributed by atoms with Gasteiger partial charge in [0.2, 0.25) is 0 Å². The second-order valence-electron chi connectivity index (χ2n) is 6.19. The maximum Gasteiger partial charge on any atom is 0.0911 e. The number of hydrogen-bond donors (Lipinski definition) is 3. The van der Waals surface area contributed by atoms with Crippen molar-refractivity contribution in [2.75, 3.05) is 19.7 Å². The Kier molecular flexibility index (Phi) is 4.62. The summed E-state index contributed by atoms with van der Waals surface area (Å²) in [4.78, 5) is 2.47. The summed E-state index contributed by atoms with van der Waals surface area (Å²) < 4.78 is 0. The first-order valence-corrected chi connectivity index (χ1v) is 7.33. The molecule has 2 aliphatic rings. The minimum absolute atomic E-state index is 0.243. The minimum Gasteiger partial charge on any atom is -0.395 e. The van der Waals surface area contributed by atoms with Crippen LogP contribution in [0.3, 0.4) is 0 Å². The van der Waals surface area contributed by atoms with Gasteiger partial charge >= 0.3 is 0 Å². The average molecular weight is 253 g/mol. The molecule has 4 N–H and O–H groups in total. The van der Waals surface area contributed by atoms with E-state index in [4.69, 9.17) is 11.1 Å². The van der Waals surface area contributed by atoms with Gasteiger partial charge in [-0.2, -0.15) is 0 Å². The van der Waals surface area contributed by atoms with Crippen LogP contribution in [0.1, 0.15) is 51.4 Å². The van der Waals surface area contributed by atoms with Gasteiger partial charge in [0.1, 0.15) is 0 Å². The van der Waals surface area contributed by atoms with Crippen LogP contribution in [0.5, 0.6) is 0 Å². The first-order chi connectivity index (χ1) is 8.65. The van der Waals surface area contributed by atoms with E-state index in [2.05, 4.69) is 4.90 Å². The number of nitrogens with two attached hydrogens (primary N) is 1. The van der Waals surface area contributed by atoms with E-state index in [9.17, 15) is 5.11 Å². The predicted molar refractivity (Wildman–Crippen MR) is 73.7 cm³/mol. The summed E-state index contributed by atoms with van der Waals surface area (Å²) in [6, 6.07) is 0.648. The third kappa shape index (κ3) is 3.69. The Morgan fingerprint density at radius 2 is 1.94 bits per heavy atom. The topological polar surface area (TPSA) is 73.3 Å². The minimum atomic E-state index is 0.243. The van der Waals surface area contributed by atoms with E-state index in [0.717, 1.165) is 19.5 Å². The molecular weight excluding hydrogens is 226 g/mol. The summed E-state index contributed by atoms with van der Waals surface area (Å²) >= 11 is 0. The van der Waals surface area contributed by atoms with Gasteiger partial charge in [-0.25, -0.2) is 0 Å². The average Bonchev–Trinajstić information content (AvgIpc) is 3.08. The monoisotopic (exact) mass is 253 g/mol. The molecule has 0 bridgehead atoms. The molecule has 0 unspecified atom stereocenters. The molecule has 0 spiro atoms. The van der Waals surface area contributed by atoms with E-state index in [0.29, 0.717) is 11.9 Å². The first kappa shape index (κ1) is 13.8. The molecule has 0 aromatic carbocycles. The highest BCUT2D eigenvalue weighted by atomic mass is 16.3. The van der Waals surface area contributed by atoms with Crippen LogP contribution in [0.2, 0.25) is 0 Å². The summed E-state index contributed by atoms with van der Waals surface area (Å²) in [5.74, 6) is 0.320. The van der Waals surface area contributed by atoms with Crippen molar-refractivity contribution in [1.29, 1.82) is 5.41 Å². The third-order valence-corrected chi connectivity index (χ3v) is 4.54. The Morgan fingerprint density at radius 1 is 1.28 bits per heavy atom. The molecule has 0 radical (unpaired) electrons.